The average molecular weight is 268 g/mol. The molecule has 0 fully saturated rings. The van der Waals surface area contributed by atoms with Gasteiger partial charge in [0, 0.05) is 31.3 Å². The van der Waals surface area contributed by atoms with Gasteiger partial charge in [0.25, 0.3) is 0 Å². The third-order valence-corrected chi connectivity index (χ3v) is 3.71. The van der Waals surface area contributed by atoms with E-state index >= 15 is 0 Å². The first-order valence-corrected chi connectivity index (χ1v) is 6.87. The Morgan fingerprint density at radius 2 is 1.95 bits per heavy atom. The van der Waals surface area contributed by atoms with Crippen LogP contribution in [0.3, 0.4) is 0 Å². The lowest BCUT2D eigenvalue weighted by atomic mass is 9.79. The van der Waals surface area contributed by atoms with Crippen molar-refractivity contribution in [2.45, 2.75) is 27.2 Å². The minimum Gasteiger partial charge on any atom is -0.377 e. The van der Waals surface area contributed by atoms with Gasteiger partial charge in [0.1, 0.15) is 0 Å². The number of nitrogens with zero attached hydrogens (tertiary/aromatic N) is 2. The normalized spacial score (nSPS) is 16.5. The molecule has 0 heterocycles. The lowest BCUT2D eigenvalue weighted by molar-refractivity contribution is 0.666. The topological polar surface area (TPSA) is 27.0 Å². The monoisotopic (exact) mass is 268 g/mol. The first-order chi connectivity index (χ1) is 9.40. The molecule has 0 saturated carbocycles. The molecule has 2 nitrogen and oxygen atoms in total. The third kappa shape index (κ3) is 3.74. The second kappa shape index (κ2) is 6.96. The molecule has 0 aliphatic heterocycles. The van der Waals surface area contributed by atoms with E-state index in [1.165, 1.54) is 22.4 Å². The van der Waals surface area contributed by atoms with Crippen LogP contribution in [0.1, 0.15) is 24.5 Å². The second-order valence-corrected chi connectivity index (χ2v) is 5.50. The highest BCUT2D eigenvalue weighted by atomic mass is 15.1. The minimum absolute atomic E-state index is 0.486. The van der Waals surface area contributed by atoms with Crippen molar-refractivity contribution in [3.63, 3.8) is 0 Å². The Balaban J connectivity index is 0.000000204. The van der Waals surface area contributed by atoms with Gasteiger partial charge in [0.15, 0.2) is 0 Å². The van der Waals surface area contributed by atoms with Crippen LogP contribution in [0.25, 0.3) is 0 Å². The molecule has 2 rings (SSSR count). The van der Waals surface area contributed by atoms with Crippen LogP contribution in [-0.4, -0.2) is 14.1 Å². The van der Waals surface area contributed by atoms with Crippen molar-refractivity contribution in [3.8, 4) is 6.07 Å². The molecule has 0 saturated heterocycles. The van der Waals surface area contributed by atoms with Gasteiger partial charge in [0.2, 0.25) is 0 Å². The molecule has 0 radical (unpaired) electrons. The summed E-state index contributed by atoms with van der Waals surface area (Å²) in [6, 6.07) is 8.65. The highest BCUT2D eigenvalue weighted by Crippen LogP contribution is 2.33. The SMILES string of the molecule is C=CC1CC(C#N)=C1C.Cc1ccc(N(C)C)c(C)c1. The molecule has 0 spiro atoms. The summed E-state index contributed by atoms with van der Waals surface area (Å²) in [6.07, 6.45) is 2.81. The summed E-state index contributed by atoms with van der Waals surface area (Å²) in [6.45, 7) is 9.91. The van der Waals surface area contributed by atoms with Gasteiger partial charge in [-0.2, -0.15) is 5.26 Å². The Hall–Kier alpha value is -2.01. The number of nitriles is 1. The number of aryl methyl sites for hydroxylation is 2. The fourth-order valence-corrected chi connectivity index (χ4v) is 2.33. The standard InChI is InChI=1S/C10H15N.C8H9N/c1-8-5-6-10(11(3)4)9(2)7-8;1-3-7-4-8(5-9)6(7)2/h5-7H,1-4H3;3,7H,1,4H2,2H3. The first-order valence-electron chi connectivity index (χ1n) is 6.87. The van der Waals surface area contributed by atoms with E-state index in [9.17, 15) is 0 Å². The molecule has 1 aromatic rings. The van der Waals surface area contributed by atoms with Crippen LogP contribution >= 0.6 is 0 Å². The predicted octanol–water partition coefficient (Wildman–Crippen LogP) is 4.40. The predicted molar refractivity (Wildman–Crippen MR) is 86.9 cm³/mol. The Morgan fingerprint density at radius 1 is 1.30 bits per heavy atom. The van der Waals surface area contributed by atoms with Gasteiger partial charge in [-0.15, -0.1) is 6.58 Å². The summed E-state index contributed by atoms with van der Waals surface area (Å²) < 4.78 is 0. The number of benzene rings is 1. The molecule has 1 aliphatic carbocycles. The number of hydrogen-bond acceptors (Lipinski definition) is 2. The van der Waals surface area contributed by atoms with Gasteiger partial charge >= 0.3 is 0 Å². The molecule has 0 amide bonds. The van der Waals surface area contributed by atoms with Gasteiger partial charge < -0.3 is 4.90 Å². The summed E-state index contributed by atoms with van der Waals surface area (Å²) in [7, 11) is 4.13. The fourth-order valence-electron chi connectivity index (χ4n) is 2.33. The molecule has 1 unspecified atom stereocenters. The summed E-state index contributed by atoms with van der Waals surface area (Å²) in [5.41, 5.74) is 6.12. The molecule has 0 N–H and O–H groups in total. The molecule has 106 valence electrons. The number of anilines is 1. The Morgan fingerprint density at radius 3 is 2.35 bits per heavy atom. The van der Waals surface area contributed by atoms with Gasteiger partial charge in [-0.25, -0.2) is 0 Å². The number of allylic oxidation sites excluding steroid dienone is 3. The lowest BCUT2D eigenvalue weighted by Crippen LogP contribution is -2.12. The van der Waals surface area contributed by atoms with Crippen molar-refractivity contribution in [1.29, 1.82) is 5.26 Å². The van der Waals surface area contributed by atoms with Crippen molar-refractivity contribution in [2.24, 2.45) is 5.92 Å². The summed E-state index contributed by atoms with van der Waals surface area (Å²) in [5.74, 6) is 0.486. The van der Waals surface area contributed by atoms with Gasteiger partial charge in [-0.3, -0.25) is 0 Å². The molecular formula is C18H24N2. The van der Waals surface area contributed by atoms with Crippen molar-refractivity contribution in [3.05, 3.63) is 53.1 Å². The molecule has 0 aromatic heterocycles. The summed E-state index contributed by atoms with van der Waals surface area (Å²) >= 11 is 0. The quantitative estimate of drug-likeness (QED) is 0.743. The van der Waals surface area contributed by atoms with Crippen LogP contribution in [0.2, 0.25) is 0 Å². The van der Waals surface area contributed by atoms with E-state index < -0.39 is 0 Å². The van der Waals surface area contributed by atoms with E-state index in [4.69, 9.17) is 5.26 Å². The van der Waals surface area contributed by atoms with Crippen LogP contribution in [-0.2, 0) is 0 Å². The van der Waals surface area contributed by atoms with Crippen LogP contribution in [0.4, 0.5) is 5.69 Å². The van der Waals surface area contributed by atoms with Gasteiger partial charge in [-0.1, -0.05) is 29.3 Å². The van der Waals surface area contributed by atoms with Gasteiger partial charge in [-0.05, 0) is 38.8 Å². The van der Waals surface area contributed by atoms with Crippen molar-refractivity contribution >= 4 is 5.69 Å². The third-order valence-electron chi connectivity index (χ3n) is 3.71. The second-order valence-electron chi connectivity index (χ2n) is 5.50. The van der Waals surface area contributed by atoms with E-state index in [2.05, 4.69) is 63.7 Å². The highest BCUT2D eigenvalue weighted by molar-refractivity contribution is 5.53. The Kier molecular flexibility index (Phi) is 5.58. The van der Waals surface area contributed by atoms with Crippen LogP contribution in [0, 0.1) is 31.1 Å². The van der Waals surface area contributed by atoms with E-state index in [1.54, 1.807) is 0 Å². The summed E-state index contributed by atoms with van der Waals surface area (Å²) in [4.78, 5) is 2.13. The van der Waals surface area contributed by atoms with Crippen LogP contribution in [0.5, 0.6) is 0 Å². The van der Waals surface area contributed by atoms with E-state index in [-0.39, 0.29) is 0 Å². The highest BCUT2D eigenvalue weighted by Gasteiger charge is 2.22. The maximum atomic E-state index is 8.43. The maximum Gasteiger partial charge on any atom is 0.0947 e. The largest absolute Gasteiger partial charge is 0.377 e. The molecule has 2 heteroatoms. The van der Waals surface area contributed by atoms with Crippen molar-refractivity contribution < 1.29 is 0 Å². The summed E-state index contributed by atoms with van der Waals surface area (Å²) in [5, 5.41) is 8.43. The zero-order chi connectivity index (χ0) is 15.3. The van der Waals surface area contributed by atoms with Crippen molar-refractivity contribution in [1.82, 2.24) is 0 Å². The first kappa shape index (κ1) is 16.0. The van der Waals surface area contributed by atoms with Crippen LogP contribution < -0.4 is 4.90 Å². The van der Waals surface area contributed by atoms with Crippen molar-refractivity contribution in [2.75, 3.05) is 19.0 Å². The Bertz CT molecular complexity index is 559. The van der Waals surface area contributed by atoms with E-state index in [0.717, 1.165) is 12.0 Å². The molecule has 1 atom stereocenters. The maximum absolute atomic E-state index is 8.43. The lowest BCUT2D eigenvalue weighted by Gasteiger charge is -2.23. The zero-order valence-electron chi connectivity index (χ0n) is 13.2. The molecule has 1 aliphatic rings. The average Bonchev–Trinajstić information content (AvgIpc) is 2.38. The number of hydrogen-bond donors (Lipinski definition) is 0. The van der Waals surface area contributed by atoms with E-state index in [0.29, 0.717) is 5.92 Å². The molecule has 0 bridgehead atoms. The Labute approximate surface area is 123 Å². The van der Waals surface area contributed by atoms with E-state index in [1.807, 2.05) is 13.0 Å². The molecule has 1 aromatic carbocycles. The minimum atomic E-state index is 0.486. The molecule has 20 heavy (non-hydrogen) atoms. The fraction of sp³-hybridized carbons (Fsp3) is 0.389. The van der Waals surface area contributed by atoms with Gasteiger partial charge in [0.05, 0.1) is 6.07 Å². The number of rotatable bonds is 2. The smallest absolute Gasteiger partial charge is 0.0947 e. The van der Waals surface area contributed by atoms with Crippen LogP contribution in [0.15, 0.2) is 42.0 Å². The molecular weight excluding hydrogens is 244 g/mol. The zero-order valence-corrected chi connectivity index (χ0v) is 13.2.